The van der Waals surface area contributed by atoms with Gasteiger partial charge in [0.2, 0.25) is 0 Å². The number of carbonyl (C=O) groups is 1. The second kappa shape index (κ2) is 5.85. The Morgan fingerprint density at radius 1 is 1.16 bits per heavy atom. The van der Waals surface area contributed by atoms with Crippen LogP contribution in [0.4, 0.5) is 10.1 Å². The fraction of sp³-hybridized carbons (Fsp3) is 0.133. The number of hydrogen-bond acceptors (Lipinski definition) is 2. The third-order valence-electron chi connectivity index (χ3n) is 2.76. The van der Waals surface area contributed by atoms with Gasteiger partial charge in [0.05, 0.1) is 0 Å². The summed E-state index contributed by atoms with van der Waals surface area (Å²) >= 11 is 5.89. The molecule has 4 heteroatoms. The summed E-state index contributed by atoms with van der Waals surface area (Å²) < 4.78 is 12.9. The Morgan fingerprint density at radius 2 is 1.95 bits per heavy atom. The number of nitrogens with two attached hydrogens (primary N) is 1. The smallest absolute Gasteiger partial charge is 0.141 e. The molecule has 0 bridgehead atoms. The Hall–Kier alpha value is -1.87. The molecule has 0 radical (unpaired) electrons. The second-order valence-corrected chi connectivity index (χ2v) is 4.78. The molecule has 19 heavy (non-hydrogen) atoms. The van der Waals surface area contributed by atoms with E-state index < -0.39 is 5.82 Å². The van der Waals surface area contributed by atoms with Gasteiger partial charge in [0.15, 0.2) is 0 Å². The van der Waals surface area contributed by atoms with Crippen molar-refractivity contribution in [1.82, 2.24) is 0 Å². The van der Waals surface area contributed by atoms with E-state index in [1.54, 1.807) is 12.1 Å². The first kappa shape index (κ1) is 13.6. The van der Waals surface area contributed by atoms with Crippen molar-refractivity contribution in [2.75, 3.05) is 5.73 Å². The van der Waals surface area contributed by atoms with E-state index in [1.165, 1.54) is 18.2 Å². The number of nitrogen functional groups attached to an aromatic ring is 1. The van der Waals surface area contributed by atoms with Crippen LogP contribution in [0, 0.1) is 5.82 Å². The molecule has 0 heterocycles. The molecule has 0 aliphatic heterocycles. The highest BCUT2D eigenvalue weighted by Gasteiger charge is 2.09. The number of carbonyl (C=O) groups excluding carboxylic acids is 1. The SMILES string of the molecule is Nc1cccc(CC(=O)Cc2ccc(F)cc2Cl)c1. The van der Waals surface area contributed by atoms with E-state index in [0.717, 1.165) is 5.56 Å². The van der Waals surface area contributed by atoms with Gasteiger partial charge in [0.1, 0.15) is 11.6 Å². The van der Waals surface area contributed by atoms with Crippen LogP contribution in [0.3, 0.4) is 0 Å². The average molecular weight is 278 g/mol. The van der Waals surface area contributed by atoms with Crippen molar-refractivity contribution < 1.29 is 9.18 Å². The van der Waals surface area contributed by atoms with Crippen molar-refractivity contribution in [1.29, 1.82) is 0 Å². The van der Waals surface area contributed by atoms with Gasteiger partial charge < -0.3 is 5.73 Å². The normalized spacial score (nSPS) is 10.4. The molecule has 0 spiro atoms. The molecule has 0 saturated carbocycles. The molecule has 0 amide bonds. The quantitative estimate of drug-likeness (QED) is 0.870. The van der Waals surface area contributed by atoms with Crippen LogP contribution in [0.25, 0.3) is 0 Å². The molecule has 0 aromatic heterocycles. The van der Waals surface area contributed by atoms with Crippen LogP contribution in [0.1, 0.15) is 11.1 Å². The molecule has 2 nitrogen and oxygen atoms in total. The van der Waals surface area contributed by atoms with Crippen molar-refractivity contribution in [2.24, 2.45) is 0 Å². The predicted molar refractivity (Wildman–Crippen MR) is 74.7 cm³/mol. The maximum absolute atomic E-state index is 12.9. The van der Waals surface area contributed by atoms with Crippen LogP contribution >= 0.6 is 11.6 Å². The molecular weight excluding hydrogens is 265 g/mol. The standard InChI is InChI=1S/C15H13ClFNO/c16-15-9-12(17)5-4-11(15)8-14(19)7-10-2-1-3-13(18)6-10/h1-6,9H,7-8,18H2. The summed E-state index contributed by atoms with van der Waals surface area (Å²) in [6, 6.07) is 11.2. The molecule has 2 rings (SSSR count). The Kier molecular flexibility index (Phi) is 4.17. The highest BCUT2D eigenvalue weighted by Crippen LogP contribution is 2.18. The zero-order valence-electron chi connectivity index (χ0n) is 10.2. The first-order valence-corrected chi connectivity index (χ1v) is 6.22. The first-order valence-electron chi connectivity index (χ1n) is 5.84. The van der Waals surface area contributed by atoms with Crippen LogP contribution in [-0.4, -0.2) is 5.78 Å². The van der Waals surface area contributed by atoms with Crippen molar-refractivity contribution >= 4 is 23.1 Å². The Bertz CT molecular complexity index is 613. The Balaban J connectivity index is 2.05. The first-order chi connectivity index (χ1) is 9.04. The highest BCUT2D eigenvalue weighted by molar-refractivity contribution is 6.31. The molecule has 0 aliphatic carbocycles. The zero-order chi connectivity index (χ0) is 13.8. The number of hydrogen-bond donors (Lipinski definition) is 1. The average Bonchev–Trinajstić information content (AvgIpc) is 2.33. The molecule has 2 aromatic rings. The fourth-order valence-corrected chi connectivity index (χ4v) is 2.10. The monoisotopic (exact) mass is 277 g/mol. The molecular formula is C15H13ClFNO. The zero-order valence-corrected chi connectivity index (χ0v) is 11.0. The Morgan fingerprint density at radius 3 is 2.63 bits per heavy atom. The van der Waals surface area contributed by atoms with E-state index in [2.05, 4.69) is 0 Å². The van der Waals surface area contributed by atoms with Gasteiger partial charge in [0.25, 0.3) is 0 Å². The minimum absolute atomic E-state index is 0.0131. The van der Waals surface area contributed by atoms with Gasteiger partial charge in [-0.3, -0.25) is 4.79 Å². The predicted octanol–water partition coefficient (Wildman–Crippen LogP) is 3.42. The molecule has 0 fully saturated rings. The van der Waals surface area contributed by atoms with Gasteiger partial charge in [0, 0.05) is 23.6 Å². The molecule has 0 aliphatic rings. The number of rotatable bonds is 4. The van der Waals surface area contributed by atoms with Crippen LogP contribution in [-0.2, 0) is 17.6 Å². The topological polar surface area (TPSA) is 43.1 Å². The van der Waals surface area contributed by atoms with Crippen molar-refractivity contribution in [3.05, 3.63) is 64.4 Å². The lowest BCUT2D eigenvalue weighted by Crippen LogP contribution is -2.07. The van der Waals surface area contributed by atoms with Crippen LogP contribution in [0.15, 0.2) is 42.5 Å². The lowest BCUT2D eigenvalue weighted by Gasteiger charge is -2.05. The van der Waals surface area contributed by atoms with E-state index in [0.29, 0.717) is 17.7 Å². The maximum Gasteiger partial charge on any atom is 0.141 e. The molecule has 0 unspecified atom stereocenters. The van der Waals surface area contributed by atoms with E-state index >= 15 is 0 Å². The van der Waals surface area contributed by atoms with Crippen LogP contribution in [0.5, 0.6) is 0 Å². The van der Waals surface area contributed by atoms with Gasteiger partial charge >= 0.3 is 0 Å². The van der Waals surface area contributed by atoms with Crippen molar-refractivity contribution in [3.8, 4) is 0 Å². The largest absolute Gasteiger partial charge is 0.399 e. The minimum atomic E-state index is -0.406. The second-order valence-electron chi connectivity index (χ2n) is 4.37. The molecule has 0 atom stereocenters. The number of Topliss-reactive ketones (excluding diaryl/α,β-unsaturated/α-hetero) is 1. The summed E-state index contributed by atoms with van der Waals surface area (Å²) in [5, 5.41) is 0.279. The maximum atomic E-state index is 12.9. The Labute approximate surface area is 116 Å². The summed E-state index contributed by atoms with van der Waals surface area (Å²) in [5.41, 5.74) is 7.78. The molecule has 2 aromatic carbocycles. The van der Waals surface area contributed by atoms with Gasteiger partial charge in [-0.1, -0.05) is 29.8 Å². The fourth-order valence-electron chi connectivity index (χ4n) is 1.87. The van der Waals surface area contributed by atoms with E-state index in [1.807, 2.05) is 12.1 Å². The number of anilines is 1. The number of halogens is 2. The third kappa shape index (κ3) is 3.80. The lowest BCUT2D eigenvalue weighted by molar-refractivity contribution is -0.117. The molecule has 0 saturated heterocycles. The summed E-state index contributed by atoms with van der Waals surface area (Å²) in [4.78, 5) is 11.9. The van der Waals surface area contributed by atoms with Crippen LogP contribution < -0.4 is 5.73 Å². The summed E-state index contributed by atoms with van der Waals surface area (Å²) in [6.45, 7) is 0. The summed E-state index contributed by atoms with van der Waals surface area (Å²) in [7, 11) is 0. The summed E-state index contributed by atoms with van der Waals surface area (Å²) in [5.74, 6) is -0.392. The molecule has 2 N–H and O–H groups in total. The van der Waals surface area contributed by atoms with Crippen molar-refractivity contribution in [2.45, 2.75) is 12.8 Å². The van der Waals surface area contributed by atoms with E-state index in [-0.39, 0.29) is 17.2 Å². The van der Waals surface area contributed by atoms with E-state index in [4.69, 9.17) is 17.3 Å². The van der Waals surface area contributed by atoms with Crippen molar-refractivity contribution in [3.63, 3.8) is 0 Å². The highest BCUT2D eigenvalue weighted by atomic mass is 35.5. The third-order valence-corrected chi connectivity index (χ3v) is 3.11. The summed E-state index contributed by atoms with van der Waals surface area (Å²) in [6.07, 6.45) is 0.479. The minimum Gasteiger partial charge on any atom is -0.399 e. The number of benzene rings is 2. The van der Waals surface area contributed by atoms with Gasteiger partial charge in [-0.2, -0.15) is 0 Å². The van der Waals surface area contributed by atoms with E-state index in [9.17, 15) is 9.18 Å². The molecule has 98 valence electrons. The van der Waals surface area contributed by atoms with Gasteiger partial charge in [-0.05, 0) is 35.4 Å². The van der Waals surface area contributed by atoms with Crippen LogP contribution in [0.2, 0.25) is 5.02 Å². The van der Waals surface area contributed by atoms with Gasteiger partial charge in [-0.15, -0.1) is 0 Å². The lowest BCUT2D eigenvalue weighted by atomic mass is 10.0. The number of ketones is 1. The van der Waals surface area contributed by atoms with Gasteiger partial charge in [-0.25, -0.2) is 4.39 Å².